The minimum atomic E-state index is -0.702. The number of imidazole rings is 1. The number of carboxylic acids is 1. The molecule has 1 N–H and O–H groups in total. The van der Waals surface area contributed by atoms with Gasteiger partial charge in [0.2, 0.25) is 0 Å². The van der Waals surface area contributed by atoms with Gasteiger partial charge < -0.3 is 14.6 Å². The van der Waals surface area contributed by atoms with Crippen molar-refractivity contribution in [2.45, 2.75) is 19.4 Å². The summed E-state index contributed by atoms with van der Waals surface area (Å²) >= 11 is 0. The van der Waals surface area contributed by atoms with Crippen LogP contribution in [0.4, 0.5) is 5.69 Å². The number of carbonyl (C=O) groups is 1. The van der Waals surface area contributed by atoms with Crippen molar-refractivity contribution in [3.63, 3.8) is 0 Å². The molecular weight excluding hydrogens is 242 g/mol. The van der Waals surface area contributed by atoms with Crippen molar-refractivity contribution in [1.29, 1.82) is 0 Å². The summed E-state index contributed by atoms with van der Waals surface area (Å²) in [5.41, 5.74) is 3.08. The van der Waals surface area contributed by atoms with Crippen LogP contribution in [0.2, 0.25) is 0 Å². The van der Waals surface area contributed by atoms with E-state index in [4.69, 9.17) is 5.11 Å². The molecule has 0 amide bonds. The molecule has 2 atom stereocenters. The lowest BCUT2D eigenvalue weighted by atomic mass is 10.2. The first-order valence-corrected chi connectivity index (χ1v) is 6.37. The van der Waals surface area contributed by atoms with Gasteiger partial charge in [0.15, 0.2) is 0 Å². The third-order valence-corrected chi connectivity index (χ3v) is 4.07. The molecule has 1 aliphatic carbocycles. The van der Waals surface area contributed by atoms with E-state index < -0.39 is 5.97 Å². The molecular formula is C14H17N3O2. The van der Waals surface area contributed by atoms with Crippen molar-refractivity contribution in [2.24, 2.45) is 13.0 Å². The molecule has 3 rings (SSSR count). The van der Waals surface area contributed by atoms with E-state index in [1.165, 1.54) is 0 Å². The Balaban J connectivity index is 1.91. The Hall–Kier alpha value is -2.04. The standard InChI is InChI=1S/C14H17N3O2/c1-8-15-11-6-9(4-5-12(11)16(8)2)17(3)13-7-10(13)14(18)19/h4-6,10,13H,7H2,1-3H3,(H,18,19). The fraction of sp³-hybridized carbons (Fsp3) is 0.429. The van der Waals surface area contributed by atoms with Crippen LogP contribution in [0.1, 0.15) is 12.2 Å². The second-order valence-electron chi connectivity index (χ2n) is 5.25. The average molecular weight is 259 g/mol. The summed E-state index contributed by atoms with van der Waals surface area (Å²) in [6.07, 6.45) is 0.727. The van der Waals surface area contributed by atoms with E-state index >= 15 is 0 Å². The third kappa shape index (κ3) is 1.85. The number of benzene rings is 1. The fourth-order valence-electron chi connectivity index (χ4n) is 2.59. The summed E-state index contributed by atoms with van der Waals surface area (Å²) in [5.74, 6) is 0.0439. The molecule has 0 bridgehead atoms. The van der Waals surface area contributed by atoms with Gasteiger partial charge in [0.1, 0.15) is 5.82 Å². The number of anilines is 1. The van der Waals surface area contributed by atoms with Crippen molar-refractivity contribution in [3.8, 4) is 0 Å². The van der Waals surface area contributed by atoms with Crippen LogP contribution >= 0.6 is 0 Å². The Bertz CT molecular complexity index is 662. The Morgan fingerprint density at radius 3 is 2.89 bits per heavy atom. The highest BCUT2D eigenvalue weighted by atomic mass is 16.4. The third-order valence-electron chi connectivity index (χ3n) is 4.07. The minimum Gasteiger partial charge on any atom is -0.481 e. The van der Waals surface area contributed by atoms with Gasteiger partial charge in [-0.3, -0.25) is 4.79 Å². The topological polar surface area (TPSA) is 58.4 Å². The predicted molar refractivity (Wildman–Crippen MR) is 73.4 cm³/mol. The highest BCUT2D eigenvalue weighted by Crippen LogP contribution is 2.38. The van der Waals surface area contributed by atoms with E-state index in [0.29, 0.717) is 0 Å². The molecule has 0 radical (unpaired) electrons. The first kappa shape index (κ1) is 12.0. The molecule has 1 saturated carbocycles. The number of aryl methyl sites for hydroxylation is 2. The van der Waals surface area contributed by atoms with Crippen LogP contribution in [0.15, 0.2) is 18.2 Å². The first-order chi connectivity index (χ1) is 8.99. The molecule has 5 heteroatoms. The largest absolute Gasteiger partial charge is 0.481 e. The number of hydrogen-bond donors (Lipinski definition) is 1. The number of carboxylic acid groups (broad SMARTS) is 1. The molecule has 19 heavy (non-hydrogen) atoms. The second kappa shape index (κ2) is 3.98. The van der Waals surface area contributed by atoms with Gasteiger partial charge in [-0.2, -0.15) is 0 Å². The molecule has 1 aromatic heterocycles. The number of aliphatic carboxylic acids is 1. The second-order valence-corrected chi connectivity index (χ2v) is 5.25. The zero-order valence-corrected chi connectivity index (χ0v) is 11.3. The van der Waals surface area contributed by atoms with Crippen LogP contribution in [0.25, 0.3) is 11.0 Å². The van der Waals surface area contributed by atoms with Gasteiger partial charge in [0.25, 0.3) is 0 Å². The SMILES string of the molecule is Cc1nc2cc(N(C)C3CC3C(=O)O)ccc2n1C. The van der Waals surface area contributed by atoms with Crippen molar-refractivity contribution >= 4 is 22.7 Å². The number of hydrogen-bond acceptors (Lipinski definition) is 3. The predicted octanol–water partition coefficient (Wildman–Crippen LogP) is 1.79. The molecule has 2 aromatic rings. The highest BCUT2D eigenvalue weighted by Gasteiger charge is 2.46. The number of rotatable bonds is 3. The van der Waals surface area contributed by atoms with Gasteiger partial charge in [-0.1, -0.05) is 0 Å². The van der Waals surface area contributed by atoms with Crippen molar-refractivity contribution < 1.29 is 9.90 Å². The Labute approximate surface area is 111 Å². The van der Waals surface area contributed by atoms with Crippen LogP contribution in [-0.4, -0.2) is 33.7 Å². The molecule has 1 heterocycles. The van der Waals surface area contributed by atoms with E-state index in [1.54, 1.807) is 0 Å². The van der Waals surface area contributed by atoms with E-state index in [0.717, 1.165) is 29.0 Å². The van der Waals surface area contributed by atoms with Crippen molar-refractivity contribution in [2.75, 3.05) is 11.9 Å². The molecule has 100 valence electrons. The number of fused-ring (bicyclic) bond motifs is 1. The van der Waals surface area contributed by atoms with Crippen molar-refractivity contribution in [3.05, 3.63) is 24.0 Å². The zero-order chi connectivity index (χ0) is 13.7. The molecule has 2 unspecified atom stereocenters. The Morgan fingerprint density at radius 1 is 1.53 bits per heavy atom. The summed E-state index contributed by atoms with van der Waals surface area (Å²) in [6.45, 7) is 1.98. The summed E-state index contributed by atoms with van der Waals surface area (Å²) in [6, 6.07) is 6.21. The molecule has 0 spiro atoms. The molecule has 1 aliphatic rings. The van der Waals surface area contributed by atoms with Crippen LogP contribution in [-0.2, 0) is 11.8 Å². The van der Waals surface area contributed by atoms with Gasteiger partial charge in [0, 0.05) is 25.8 Å². The molecule has 1 fully saturated rings. The van der Waals surface area contributed by atoms with Crippen LogP contribution in [0.3, 0.4) is 0 Å². The van der Waals surface area contributed by atoms with Crippen LogP contribution in [0, 0.1) is 12.8 Å². The first-order valence-electron chi connectivity index (χ1n) is 6.37. The number of aromatic nitrogens is 2. The lowest BCUT2D eigenvalue weighted by Gasteiger charge is -2.19. The van der Waals surface area contributed by atoms with Gasteiger partial charge in [-0.05, 0) is 31.5 Å². The molecule has 5 nitrogen and oxygen atoms in total. The van der Waals surface area contributed by atoms with E-state index in [-0.39, 0.29) is 12.0 Å². The van der Waals surface area contributed by atoms with Crippen LogP contribution < -0.4 is 4.90 Å². The zero-order valence-electron chi connectivity index (χ0n) is 11.3. The van der Waals surface area contributed by atoms with E-state index in [1.807, 2.05) is 44.1 Å². The molecule has 0 saturated heterocycles. The Morgan fingerprint density at radius 2 is 2.26 bits per heavy atom. The average Bonchev–Trinajstić information content (AvgIpc) is 3.12. The fourth-order valence-corrected chi connectivity index (χ4v) is 2.59. The lowest BCUT2D eigenvalue weighted by Crippen LogP contribution is -2.23. The summed E-state index contributed by atoms with van der Waals surface area (Å²) in [5, 5.41) is 8.99. The normalized spacial score (nSPS) is 21.6. The van der Waals surface area contributed by atoms with Gasteiger partial charge >= 0.3 is 5.97 Å². The molecule has 1 aromatic carbocycles. The minimum absolute atomic E-state index is 0.111. The van der Waals surface area contributed by atoms with Gasteiger partial charge in [-0.15, -0.1) is 0 Å². The summed E-state index contributed by atoms with van der Waals surface area (Å²) in [4.78, 5) is 17.5. The van der Waals surface area contributed by atoms with Gasteiger partial charge in [-0.25, -0.2) is 4.98 Å². The maximum absolute atomic E-state index is 10.9. The maximum Gasteiger partial charge on any atom is 0.308 e. The smallest absolute Gasteiger partial charge is 0.308 e. The maximum atomic E-state index is 10.9. The summed E-state index contributed by atoms with van der Waals surface area (Å²) in [7, 11) is 3.94. The number of nitrogens with zero attached hydrogens (tertiary/aromatic N) is 3. The van der Waals surface area contributed by atoms with Crippen molar-refractivity contribution in [1.82, 2.24) is 9.55 Å². The quantitative estimate of drug-likeness (QED) is 0.913. The Kier molecular flexibility index (Phi) is 2.52. The highest BCUT2D eigenvalue weighted by molar-refractivity contribution is 5.81. The van der Waals surface area contributed by atoms with Crippen LogP contribution in [0.5, 0.6) is 0 Å². The van der Waals surface area contributed by atoms with Gasteiger partial charge in [0.05, 0.1) is 17.0 Å². The monoisotopic (exact) mass is 259 g/mol. The molecule has 0 aliphatic heterocycles. The summed E-state index contributed by atoms with van der Waals surface area (Å²) < 4.78 is 2.05. The lowest BCUT2D eigenvalue weighted by molar-refractivity contribution is -0.138. The van der Waals surface area contributed by atoms with E-state index in [9.17, 15) is 4.79 Å². The van der Waals surface area contributed by atoms with E-state index in [2.05, 4.69) is 9.55 Å².